The Balaban J connectivity index is 0.000000283. The molecule has 1 aromatic heterocycles. The molecule has 3 aromatic carbocycles. The number of hydrogen-bond acceptors (Lipinski definition) is 6. The highest BCUT2D eigenvalue weighted by Crippen LogP contribution is 2.39. The predicted molar refractivity (Wildman–Crippen MR) is 157 cm³/mol. The average Bonchev–Trinajstić information content (AvgIpc) is 3.35. The van der Waals surface area contributed by atoms with Crippen LogP contribution in [0.3, 0.4) is 0 Å². The molecule has 208 valence electrons. The molecule has 40 heavy (non-hydrogen) atoms. The van der Waals surface area contributed by atoms with E-state index in [4.69, 9.17) is 9.15 Å². The summed E-state index contributed by atoms with van der Waals surface area (Å²) < 4.78 is 45.2. The van der Waals surface area contributed by atoms with Crippen LogP contribution in [0.25, 0.3) is 17.2 Å². The Morgan fingerprint density at radius 3 is 2.15 bits per heavy atom. The Morgan fingerprint density at radius 1 is 0.850 bits per heavy atom. The van der Waals surface area contributed by atoms with Crippen LogP contribution in [0.4, 0.5) is 5.69 Å². The van der Waals surface area contributed by atoms with Crippen molar-refractivity contribution < 1.29 is 26.7 Å². The van der Waals surface area contributed by atoms with E-state index in [1.807, 2.05) is 51.4 Å². The number of fused-ring (bicyclic) bond motifs is 2. The van der Waals surface area contributed by atoms with Crippen molar-refractivity contribution in [1.29, 1.82) is 0 Å². The number of aromatic nitrogens is 1. The molecule has 7 nitrogen and oxygen atoms in total. The van der Waals surface area contributed by atoms with Gasteiger partial charge < -0.3 is 18.6 Å². The van der Waals surface area contributed by atoms with Gasteiger partial charge in [-0.3, -0.25) is 0 Å². The quantitative estimate of drug-likeness (QED) is 0.165. The van der Waals surface area contributed by atoms with Gasteiger partial charge in [-0.1, -0.05) is 35.9 Å². The number of nitrogens with zero attached hydrogens (tertiary/aromatic N) is 2. The molecule has 0 unspecified atom stereocenters. The third kappa shape index (κ3) is 6.35. The zero-order chi connectivity index (χ0) is 29.2. The second-order valence-corrected chi connectivity index (χ2v) is 11.4. The van der Waals surface area contributed by atoms with Crippen LogP contribution in [0.5, 0.6) is 5.75 Å². The third-order valence-electron chi connectivity index (χ3n) is 6.97. The van der Waals surface area contributed by atoms with Gasteiger partial charge in [-0.2, -0.15) is 4.57 Å². The highest BCUT2D eigenvalue weighted by Gasteiger charge is 2.23. The van der Waals surface area contributed by atoms with E-state index in [0.29, 0.717) is 0 Å². The first-order chi connectivity index (χ1) is 18.8. The monoisotopic (exact) mass is 558 g/mol. The van der Waals surface area contributed by atoms with Crippen LogP contribution in [0, 0.1) is 34.6 Å². The Bertz CT molecular complexity index is 1760. The Morgan fingerprint density at radius 2 is 1.48 bits per heavy atom. The number of benzene rings is 3. The molecular formula is C32H34N2O5S. The first-order valence-electron chi connectivity index (χ1n) is 12.9. The van der Waals surface area contributed by atoms with Crippen molar-refractivity contribution in [3.63, 3.8) is 0 Å². The van der Waals surface area contributed by atoms with E-state index in [1.54, 1.807) is 12.1 Å². The lowest BCUT2D eigenvalue weighted by Crippen LogP contribution is -2.29. The smallest absolute Gasteiger partial charge is 0.373 e. The molecule has 0 bridgehead atoms. The second-order valence-electron chi connectivity index (χ2n) is 9.98. The van der Waals surface area contributed by atoms with Gasteiger partial charge in [0.05, 0.1) is 16.7 Å². The molecule has 5 rings (SSSR count). The molecule has 1 aliphatic rings. The van der Waals surface area contributed by atoms with Crippen LogP contribution in [0.2, 0.25) is 0 Å². The lowest BCUT2D eigenvalue weighted by atomic mass is 10.1. The van der Waals surface area contributed by atoms with Crippen LogP contribution in [0.1, 0.15) is 33.7 Å². The largest absolute Gasteiger partial charge is 0.744 e. The minimum absolute atomic E-state index is 0.178. The van der Waals surface area contributed by atoms with Gasteiger partial charge in [-0.05, 0) is 93.3 Å². The lowest BCUT2D eigenvalue weighted by Gasteiger charge is -2.10. The van der Waals surface area contributed by atoms with Gasteiger partial charge >= 0.3 is 5.89 Å². The van der Waals surface area contributed by atoms with E-state index in [2.05, 4.69) is 61.4 Å². The number of allylic oxidation sites excluding steroid dienone is 4. The summed E-state index contributed by atoms with van der Waals surface area (Å²) in [5.74, 6) is 2.54. The topological polar surface area (TPSA) is 86.7 Å². The fraction of sp³-hybridized carbons (Fsp3) is 0.219. The van der Waals surface area contributed by atoms with Crippen molar-refractivity contribution in [1.82, 2.24) is 0 Å². The molecule has 1 aliphatic heterocycles. The molecule has 0 saturated heterocycles. The number of ether oxygens (including phenoxy) is 1. The number of anilines is 1. The maximum Gasteiger partial charge on any atom is 0.373 e. The normalized spacial score (nSPS) is 14.2. The predicted octanol–water partition coefficient (Wildman–Crippen LogP) is 6.33. The molecular weight excluding hydrogens is 524 g/mol. The molecule has 0 spiro atoms. The van der Waals surface area contributed by atoms with Gasteiger partial charge in [0.15, 0.2) is 11.6 Å². The van der Waals surface area contributed by atoms with E-state index in [1.165, 1.54) is 34.4 Å². The first-order valence-corrected chi connectivity index (χ1v) is 14.3. The minimum Gasteiger partial charge on any atom is -0.744 e. The molecule has 0 N–H and O–H groups in total. The Hall–Kier alpha value is -4.14. The van der Waals surface area contributed by atoms with Gasteiger partial charge in [-0.15, -0.1) is 0 Å². The van der Waals surface area contributed by atoms with Gasteiger partial charge in [0.25, 0.3) is 5.52 Å². The fourth-order valence-corrected chi connectivity index (χ4v) is 4.64. The summed E-state index contributed by atoms with van der Waals surface area (Å²) >= 11 is 0. The van der Waals surface area contributed by atoms with Gasteiger partial charge in [0.1, 0.15) is 17.2 Å². The average molecular weight is 559 g/mol. The highest BCUT2D eigenvalue weighted by molar-refractivity contribution is 7.85. The first kappa shape index (κ1) is 28.9. The lowest BCUT2D eigenvalue weighted by molar-refractivity contribution is -0.652. The van der Waals surface area contributed by atoms with Gasteiger partial charge in [0, 0.05) is 13.1 Å². The third-order valence-corrected chi connectivity index (χ3v) is 7.82. The van der Waals surface area contributed by atoms with E-state index in [0.717, 1.165) is 39.9 Å². The molecule has 0 saturated carbocycles. The Kier molecular flexibility index (Phi) is 8.32. The SMILES string of the molecule is Cc1cc2c(cc1C)N(C)C(=CC=CC=Cc1oc3cc(C)c(C)cc3[n+]1C)O2.Cc1ccc(S(=O)(=O)[O-])cc1. The van der Waals surface area contributed by atoms with Gasteiger partial charge in [0.2, 0.25) is 5.58 Å². The van der Waals surface area contributed by atoms with E-state index in [9.17, 15) is 13.0 Å². The highest BCUT2D eigenvalue weighted by atomic mass is 32.2. The van der Waals surface area contributed by atoms with E-state index in [-0.39, 0.29) is 4.90 Å². The van der Waals surface area contributed by atoms with Crippen molar-refractivity contribution in [2.45, 2.75) is 39.5 Å². The standard InChI is InChI=1S/C25H27N2O2.C7H8O3S/c1-16-12-20-22(14-18(16)3)28-24(26(20)5)10-8-7-9-11-25-27(6)21-13-17(2)19(4)15-23(21)29-25;1-6-2-4-7(5-3-6)11(8,9)10/h7-15H,1-6H3;2-5H,1H3,(H,8,9,10)/q+1;/p-1. The van der Waals surface area contributed by atoms with Crippen LogP contribution >= 0.6 is 0 Å². The van der Waals surface area contributed by atoms with Crippen LogP contribution < -0.4 is 14.2 Å². The zero-order valence-electron chi connectivity index (χ0n) is 23.8. The summed E-state index contributed by atoms with van der Waals surface area (Å²) in [4.78, 5) is 1.89. The van der Waals surface area contributed by atoms with Gasteiger partial charge in [-0.25, -0.2) is 8.42 Å². The summed E-state index contributed by atoms with van der Waals surface area (Å²) in [6.07, 6.45) is 9.88. The summed E-state index contributed by atoms with van der Waals surface area (Å²) in [5, 5.41) is 0. The molecule has 0 amide bonds. The number of rotatable bonds is 4. The van der Waals surface area contributed by atoms with Crippen LogP contribution in [-0.4, -0.2) is 20.0 Å². The summed E-state index contributed by atoms with van der Waals surface area (Å²) in [6.45, 7) is 10.3. The van der Waals surface area contributed by atoms with Crippen LogP contribution in [-0.2, 0) is 17.2 Å². The molecule has 2 heterocycles. The van der Waals surface area contributed by atoms with Crippen LogP contribution in [0.15, 0.2) is 88.0 Å². The fourth-order valence-electron chi connectivity index (χ4n) is 4.17. The van der Waals surface area contributed by atoms with Crippen molar-refractivity contribution in [2.24, 2.45) is 7.05 Å². The second kappa shape index (κ2) is 11.5. The van der Waals surface area contributed by atoms with E-state index < -0.39 is 10.1 Å². The minimum atomic E-state index is -4.27. The zero-order valence-corrected chi connectivity index (χ0v) is 24.7. The van der Waals surface area contributed by atoms with Crippen molar-refractivity contribution in [2.75, 3.05) is 11.9 Å². The molecule has 4 aromatic rings. The number of hydrogen-bond donors (Lipinski definition) is 0. The maximum absolute atomic E-state index is 10.4. The molecule has 0 radical (unpaired) electrons. The number of oxazole rings is 1. The molecule has 0 atom stereocenters. The summed E-state index contributed by atoms with van der Waals surface area (Å²) in [5.41, 5.74) is 9.04. The molecule has 0 fully saturated rings. The van der Waals surface area contributed by atoms with E-state index >= 15 is 0 Å². The van der Waals surface area contributed by atoms with Crippen molar-refractivity contribution in [3.05, 3.63) is 112 Å². The maximum atomic E-state index is 10.4. The summed E-state index contributed by atoms with van der Waals surface area (Å²) in [7, 11) is -0.225. The number of aryl methyl sites for hydroxylation is 6. The Labute approximate surface area is 236 Å². The van der Waals surface area contributed by atoms with Crippen molar-refractivity contribution in [3.8, 4) is 5.75 Å². The molecule has 0 aliphatic carbocycles. The summed E-state index contributed by atoms with van der Waals surface area (Å²) in [6, 6.07) is 14.3. The van der Waals surface area contributed by atoms with Crippen molar-refractivity contribution >= 4 is 33.0 Å². The molecule has 8 heteroatoms.